The van der Waals surface area contributed by atoms with Crippen molar-refractivity contribution >= 4 is 23.2 Å². The van der Waals surface area contributed by atoms with E-state index in [0.29, 0.717) is 17.8 Å². The first-order valence-corrected chi connectivity index (χ1v) is 9.49. The molecule has 7 nitrogen and oxygen atoms in total. The Hall–Kier alpha value is -3.37. The van der Waals surface area contributed by atoms with Gasteiger partial charge < -0.3 is 20.4 Å². The third kappa shape index (κ3) is 4.55. The van der Waals surface area contributed by atoms with Crippen molar-refractivity contribution in [3.05, 3.63) is 59.2 Å². The first-order valence-electron chi connectivity index (χ1n) is 9.49. The monoisotopic (exact) mass is 391 g/mol. The minimum atomic E-state index is -0.791. The molecule has 2 N–H and O–H groups in total. The number of nitrogens with one attached hydrogen (secondary N) is 2. The summed E-state index contributed by atoms with van der Waals surface area (Å²) in [5, 5.41) is 14.3. The second-order valence-electron chi connectivity index (χ2n) is 7.36. The average molecular weight is 391 g/mol. The molecule has 7 heteroatoms. The number of hydrogen-bond acceptors (Lipinski definition) is 5. The summed E-state index contributed by atoms with van der Waals surface area (Å²) in [7, 11) is 5.97. The molecule has 1 heterocycles. The fourth-order valence-corrected chi connectivity index (χ4v) is 3.53. The minimum Gasteiger partial charge on any atom is -0.374 e. The molecule has 1 atom stereocenters. The maximum Gasteiger partial charge on any atom is 0.313 e. The van der Waals surface area contributed by atoms with Gasteiger partial charge in [-0.3, -0.25) is 9.59 Å². The van der Waals surface area contributed by atoms with Crippen molar-refractivity contribution < 1.29 is 9.59 Å². The summed E-state index contributed by atoms with van der Waals surface area (Å²) in [5.41, 5.74) is 4.27. The Bertz CT molecular complexity index is 964. The molecular weight excluding hydrogens is 366 g/mol. The predicted octanol–water partition coefficient (Wildman–Crippen LogP) is 1.91. The van der Waals surface area contributed by atoms with Gasteiger partial charge in [-0.15, -0.1) is 0 Å². The van der Waals surface area contributed by atoms with E-state index in [9.17, 15) is 9.59 Å². The van der Waals surface area contributed by atoms with Gasteiger partial charge in [-0.25, -0.2) is 0 Å². The molecule has 2 aromatic rings. The van der Waals surface area contributed by atoms with Gasteiger partial charge in [0.1, 0.15) is 6.07 Å². The molecule has 1 aliphatic rings. The number of hydrogen-bond donors (Lipinski definition) is 2. The van der Waals surface area contributed by atoms with E-state index >= 15 is 0 Å². The van der Waals surface area contributed by atoms with Crippen LogP contribution < -0.4 is 15.5 Å². The zero-order valence-electron chi connectivity index (χ0n) is 16.9. The summed E-state index contributed by atoms with van der Waals surface area (Å²) in [6, 6.07) is 14.9. The number of nitriles is 1. The summed E-state index contributed by atoms with van der Waals surface area (Å²) in [4.78, 5) is 28.8. The molecular formula is C22H25N5O2. The molecule has 0 aromatic heterocycles. The van der Waals surface area contributed by atoms with Crippen molar-refractivity contribution in [3.63, 3.8) is 0 Å². The highest BCUT2D eigenvalue weighted by Crippen LogP contribution is 2.30. The number of nitrogens with zero attached hydrogens (tertiary/aromatic N) is 3. The highest BCUT2D eigenvalue weighted by molar-refractivity contribution is 6.39. The lowest BCUT2D eigenvalue weighted by Gasteiger charge is -2.26. The van der Waals surface area contributed by atoms with Crippen LogP contribution in [0.2, 0.25) is 0 Å². The van der Waals surface area contributed by atoms with E-state index in [2.05, 4.69) is 40.8 Å². The van der Waals surface area contributed by atoms with Crippen LogP contribution in [0, 0.1) is 11.3 Å². The van der Waals surface area contributed by atoms with E-state index in [1.807, 2.05) is 25.1 Å². The van der Waals surface area contributed by atoms with Gasteiger partial charge in [-0.05, 0) is 49.8 Å². The number of rotatable bonds is 5. The molecule has 150 valence electrons. The molecule has 29 heavy (non-hydrogen) atoms. The summed E-state index contributed by atoms with van der Waals surface area (Å²) >= 11 is 0. The number of carbonyl (C=O) groups excluding carboxylic acids is 2. The van der Waals surface area contributed by atoms with Crippen LogP contribution in [0.15, 0.2) is 42.5 Å². The zero-order chi connectivity index (χ0) is 21.0. The summed E-state index contributed by atoms with van der Waals surface area (Å²) < 4.78 is 0. The van der Waals surface area contributed by atoms with Gasteiger partial charge in [0.25, 0.3) is 0 Å². The Kier molecular flexibility index (Phi) is 6.15. The van der Waals surface area contributed by atoms with E-state index < -0.39 is 11.8 Å². The number of carbonyl (C=O) groups is 2. The summed E-state index contributed by atoms with van der Waals surface area (Å²) in [6.45, 7) is 1.31. The fraction of sp³-hybridized carbons (Fsp3) is 0.318. The number of anilines is 2. The molecule has 0 saturated carbocycles. The topological polar surface area (TPSA) is 88.5 Å². The van der Waals surface area contributed by atoms with Gasteiger partial charge in [0.15, 0.2) is 0 Å². The number of amides is 2. The fourth-order valence-electron chi connectivity index (χ4n) is 3.53. The first kappa shape index (κ1) is 20.4. The second kappa shape index (κ2) is 8.76. The molecule has 2 aromatic carbocycles. The number of likely N-dealkylation sites (N-methyl/N-ethyl adjacent to an activating group) is 2. The van der Waals surface area contributed by atoms with Gasteiger partial charge in [0, 0.05) is 25.8 Å². The lowest BCUT2D eigenvalue weighted by molar-refractivity contribution is -0.136. The molecule has 3 rings (SSSR count). The zero-order valence-corrected chi connectivity index (χ0v) is 16.9. The smallest absolute Gasteiger partial charge is 0.313 e. The van der Waals surface area contributed by atoms with E-state index in [1.54, 1.807) is 24.3 Å². The highest BCUT2D eigenvalue weighted by atomic mass is 16.2. The third-order valence-electron chi connectivity index (χ3n) is 5.20. The summed E-state index contributed by atoms with van der Waals surface area (Å²) in [6.07, 6.45) is 1.01. The van der Waals surface area contributed by atoms with Crippen LogP contribution in [0.1, 0.15) is 22.7 Å². The Morgan fingerprint density at radius 3 is 2.69 bits per heavy atom. The number of fused-ring (bicyclic) bond motifs is 1. The van der Waals surface area contributed by atoms with Crippen molar-refractivity contribution in [2.24, 2.45) is 0 Å². The van der Waals surface area contributed by atoms with E-state index in [1.165, 1.54) is 11.3 Å². The standard InChI is InChI=1S/C22H25N5O2/c1-26(2)20(15-8-9-19-16(12-15)10-11-27(19)3)14-24-21(28)22(29)25-18-7-5-4-6-17(18)13-23/h4-9,12,20H,10-11,14H2,1-3H3,(H,24,28)(H,25,29). The minimum absolute atomic E-state index is 0.0608. The lowest BCUT2D eigenvalue weighted by Crippen LogP contribution is -2.40. The van der Waals surface area contributed by atoms with Gasteiger partial charge in [0.05, 0.1) is 17.3 Å². The van der Waals surface area contributed by atoms with Gasteiger partial charge in [-0.1, -0.05) is 24.3 Å². The molecule has 0 fully saturated rings. The first-order chi connectivity index (χ1) is 13.9. The largest absolute Gasteiger partial charge is 0.374 e. The van der Waals surface area contributed by atoms with Gasteiger partial charge >= 0.3 is 11.8 Å². The van der Waals surface area contributed by atoms with Crippen LogP contribution in [0.5, 0.6) is 0 Å². The van der Waals surface area contributed by atoms with Crippen molar-refractivity contribution in [1.29, 1.82) is 5.26 Å². The molecule has 0 bridgehead atoms. The molecule has 1 aliphatic heterocycles. The summed E-state index contributed by atoms with van der Waals surface area (Å²) in [5.74, 6) is -1.52. The highest BCUT2D eigenvalue weighted by Gasteiger charge is 2.22. The van der Waals surface area contributed by atoms with E-state index in [-0.39, 0.29) is 6.04 Å². The molecule has 0 saturated heterocycles. The van der Waals surface area contributed by atoms with E-state index in [4.69, 9.17) is 5.26 Å². The predicted molar refractivity (Wildman–Crippen MR) is 113 cm³/mol. The second-order valence-corrected chi connectivity index (χ2v) is 7.36. The molecule has 2 amide bonds. The normalized spacial score (nSPS) is 13.6. The van der Waals surface area contributed by atoms with Crippen LogP contribution >= 0.6 is 0 Å². The van der Waals surface area contributed by atoms with Crippen LogP contribution in [-0.2, 0) is 16.0 Å². The van der Waals surface area contributed by atoms with Crippen molar-refractivity contribution in [1.82, 2.24) is 10.2 Å². The molecule has 0 radical (unpaired) electrons. The SMILES string of the molecule is CN1CCc2cc(C(CNC(=O)C(=O)Nc3ccccc3C#N)N(C)C)ccc21. The van der Waals surface area contributed by atoms with Crippen molar-refractivity contribution in [3.8, 4) is 6.07 Å². The van der Waals surface area contributed by atoms with Crippen LogP contribution in [0.3, 0.4) is 0 Å². The van der Waals surface area contributed by atoms with E-state index in [0.717, 1.165) is 18.5 Å². The van der Waals surface area contributed by atoms with Crippen LogP contribution in [-0.4, -0.2) is 50.9 Å². The van der Waals surface area contributed by atoms with Gasteiger partial charge in [-0.2, -0.15) is 5.26 Å². The van der Waals surface area contributed by atoms with Crippen molar-refractivity contribution in [2.75, 3.05) is 44.4 Å². The van der Waals surface area contributed by atoms with Crippen molar-refractivity contribution in [2.45, 2.75) is 12.5 Å². The van der Waals surface area contributed by atoms with Crippen LogP contribution in [0.25, 0.3) is 0 Å². The number of benzene rings is 2. The quantitative estimate of drug-likeness (QED) is 0.760. The maximum atomic E-state index is 12.3. The molecule has 1 unspecified atom stereocenters. The molecule has 0 spiro atoms. The van der Waals surface area contributed by atoms with Crippen LogP contribution in [0.4, 0.5) is 11.4 Å². The third-order valence-corrected chi connectivity index (χ3v) is 5.20. The Morgan fingerprint density at radius 1 is 1.21 bits per heavy atom. The Labute approximate surface area is 170 Å². The maximum absolute atomic E-state index is 12.3. The lowest BCUT2D eigenvalue weighted by atomic mass is 10.0. The average Bonchev–Trinajstić information content (AvgIpc) is 3.08. The molecule has 0 aliphatic carbocycles. The number of para-hydroxylation sites is 1. The van der Waals surface area contributed by atoms with Gasteiger partial charge in [0.2, 0.25) is 0 Å². The Morgan fingerprint density at radius 2 is 1.97 bits per heavy atom. The Balaban J connectivity index is 1.65.